The average molecular weight is 232 g/mol. The van der Waals surface area contributed by atoms with Crippen molar-refractivity contribution in [1.29, 1.82) is 0 Å². The van der Waals surface area contributed by atoms with Crippen LogP contribution >= 0.6 is 0 Å². The summed E-state index contributed by atoms with van der Waals surface area (Å²) in [6.07, 6.45) is 2.06. The number of hydrogen-bond donors (Lipinski definition) is 1. The molecule has 0 aliphatic heterocycles. The van der Waals surface area contributed by atoms with Crippen LogP contribution in [0.25, 0.3) is 10.9 Å². The predicted octanol–water partition coefficient (Wildman–Crippen LogP) is 2.56. The molecular formula is C14H20N2O. The molecule has 0 aliphatic carbocycles. The smallest absolute Gasteiger partial charge is 0.143 e. The molecule has 1 aromatic carbocycles. The highest BCUT2D eigenvalue weighted by Crippen LogP contribution is 2.29. The van der Waals surface area contributed by atoms with Gasteiger partial charge in [-0.15, -0.1) is 0 Å². The Bertz CT molecular complexity index is 502. The number of para-hydroxylation sites is 1. The van der Waals surface area contributed by atoms with E-state index in [1.807, 2.05) is 12.1 Å². The fourth-order valence-corrected chi connectivity index (χ4v) is 2.36. The molecule has 0 fully saturated rings. The summed E-state index contributed by atoms with van der Waals surface area (Å²) in [5.74, 6) is 0.948. The minimum Gasteiger partial charge on any atom is -0.495 e. The number of aromatic nitrogens is 1. The van der Waals surface area contributed by atoms with Crippen LogP contribution in [-0.4, -0.2) is 18.2 Å². The number of aryl methyl sites for hydroxylation is 2. The number of ether oxygens (including phenoxy) is 1. The van der Waals surface area contributed by atoms with E-state index in [0.29, 0.717) is 0 Å². The standard InChI is InChI=1S/C14H20N2O/c1-3-16-12(7-5-9-15)10-11-6-4-8-13(17-2)14(11)16/h4,6,8,10H,3,5,7,9,15H2,1-2H3. The van der Waals surface area contributed by atoms with Crippen LogP contribution in [-0.2, 0) is 13.0 Å². The molecule has 0 bridgehead atoms. The Morgan fingerprint density at radius 2 is 2.18 bits per heavy atom. The first-order valence-corrected chi connectivity index (χ1v) is 6.17. The van der Waals surface area contributed by atoms with Gasteiger partial charge in [0.25, 0.3) is 0 Å². The van der Waals surface area contributed by atoms with Crippen molar-refractivity contribution >= 4 is 10.9 Å². The van der Waals surface area contributed by atoms with Gasteiger partial charge in [0.1, 0.15) is 5.75 Å². The molecule has 3 nitrogen and oxygen atoms in total. The van der Waals surface area contributed by atoms with Gasteiger partial charge in [-0.25, -0.2) is 0 Å². The topological polar surface area (TPSA) is 40.2 Å². The minimum atomic E-state index is 0.738. The van der Waals surface area contributed by atoms with E-state index < -0.39 is 0 Å². The van der Waals surface area contributed by atoms with Crippen molar-refractivity contribution in [2.75, 3.05) is 13.7 Å². The van der Waals surface area contributed by atoms with Gasteiger partial charge in [-0.1, -0.05) is 12.1 Å². The van der Waals surface area contributed by atoms with Gasteiger partial charge in [0.15, 0.2) is 0 Å². The Morgan fingerprint density at radius 3 is 2.82 bits per heavy atom. The number of rotatable bonds is 5. The molecule has 0 saturated carbocycles. The zero-order valence-corrected chi connectivity index (χ0v) is 10.6. The summed E-state index contributed by atoms with van der Waals surface area (Å²) in [6.45, 7) is 3.87. The number of methoxy groups -OCH3 is 1. The summed E-state index contributed by atoms with van der Waals surface area (Å²) in [5, 5.41) is 1.25. The summed E-state index contributed by atoms with van der Waals surface area (Å²) in [4.78, 5) is 0. The fourth-order valence-electron chi connectivity index (χ4n) is 2.36. The molecular weight excluding hydrogens is 212 g/mol. The van der Waals surface area contributed by atoms with Crippen molar-refractivity contribution in [3.8, 4) is 5.75 Å². The van der Waals surface area contributed by atoms with Crippen LogP contribution < -0.4 is 10.5 Å². The summed E-state index contributed by atoms with van der Waals surface area (Å²) in [6, 6.07) is 8.43. The highest BCUT2D eigenvalue weighted by Gasteiger charge is 2.10. The number of hydrogen-bond acceptors (Lipinski definition) is 2. The minimum absolute atomic E-state index is 0.738. The number of fused-ring (bicyclic) bond motifs is 1. The molecule has 0 unspecified atom stereocenters. The molecule has 0 spiro atoms. The third-order valence-electron chi connectivity index (χ3n) is 3.14. The lowest BCUT2D eigenvalue weighted by Crippen LogP contribution is -2.05. The molecule has 1 aromatic heterocycles. The molecule has 2 N–H and O–H groups in total. The predicted molar refractivity (Wildman–Crippen MR) is 71.5 cm³/mol. The maximum absolute atomic E-state index is 5.58. The van der Waals surface area contributed by atoms with Crippen molar-refractivity contribution in [2.45, 2.75) is 26.3 Å². The molecule has 0 atom stereocenters. The van der Waals surface area contributed by atoms with Crippen LogP contribution in [0.1, 0.15) is 19.0 Å². The lowest BCUT2D eigenvalue weighted by Gasteiger charge is -2.10. The first kappa shape index (κ1) is 12.0. The largest absolute Gasteiger partial charge is 0.495 e. The molecule has 0 aliphatic rings. The van der Waals surface area contributed by atoms with E-state index in [0.717, 1.165) is 31.7 Å². The normalized spacial score (nSPS) is 11.0. The van der Waals surface area contributed by atoms with Crippen molar-refractivity contribution in [2.24, 2.45) is 5.73 Å². The second-order valence-electron chi connectivity index (χ2n) is 4.17. The summed E-state index contributed by atoms with van der Waals surface area (Å²) in [5.41, 5.74) is 8.13. The van der Waals surface area contributed by atoms with E-state index in [2.05, 4.69) is 23.6 Å². The van der Waals surface area contributed by atoms with Gasteiger partial charge in [-0.05, 0) is 38.4 Å². The Labute approximate surface area is 102 Å². The van der Waals surface area contributed by atoms with Gasteiger partial charge < -0.3 is 15.0 Å². The van der Waals surface area contributed by atoms with Crippen molar-refractivity contribution < 1.29 is 4.74 Å². The lowest BCUT2D eigenvalue weighted by molar-refractivity contribution is 0.417. The van der Waals surface area contributed by atoms with Gasteiger partial charge in [0, 0.05) is 17.6 Å². The summed E-state index contributed by atoms with van der Waals surface area (Å²) in [7, 11) is 1.72. The quantitative estimate of drug-likeness (QED) is 0.860. The Morgan fingerprint density at radius 1 is 1.35 bits per heavy atom. The van der Waals surface area contributed by atoms with E-state index in [-0.39, 0.29) is 0 Å². The van der Waals surface area contributed by atoms with Crippen molar-refractivity contribution in [3.63, 3.8) is 0 Å². The van der Waals surface area contributed by atoms with Gasteiger partial charge in [0.05, 0.1) is 12.6 Å². The van der Waals surface area contributed by atoms with Crippen LogP contribution in [0.2, 0.25) is 0 Å². The molecule has 3 heteroatoms. The van der Waals surface area contributed by atoms with Gasteiger partial charge in [-0.2, -0.15) is 0 Å². The average Bonchev–Trinajstić information content (AvgIpc) is 2.73. The molecule has 0 radical (unpaired) electrons. The van der Waals surface area contributed by atoms with Gasteiger partial charge in [0.2, 0.25) is 0 Å². The monoisotopic (exact) mass is 232 g/mol. The van der Waals surface area contributed by atoms with Gasteiger partial charge >= 0.3 is 0 Å². The van der Waals surface area contributed by atoms with E-state index in [1.54, 1.807) is 7.11 Å². The molecule has 0 amide bonds. The first-order chi connectivity index (χ1) is 8.31. The third-order valence-corrected chi connectivity index (χ3v) is 3.14. The number of nitrogens with two attached hydrogens (primary N) is 1. The Balaban J connectivity index is 2.55. The zero-order chi connectivity index (χ0) is 12.3. The third kappa shape index (κ3) is 2.15. The molecule has 2 rings (SSSR count). The summed E-state index contributed by atoms with van der Waals surface area (Å²) < 4.78 is 7.77. The van der Waals surface area contributed by atoms with Crippen LogP contribution in [0.3, 0.4) is 0 Å². The molecule has 2 aromatic rings. The maximum Gasteiger partial charge on any atom is 0.143 e. The Hall–Kier alpha value is -1.48. The fraction of sp³-hybridized carbons (Fsp3) is 0.429. The first-order valence-electron chi connectivity index (χ1n) is 6.17. The van der Waals surface area contributed by atoms with Gasteiger partial charge in [-0.3, -0.25) is 0 Å². The number of benzene rings is 1. The lowest BCUT2D eigenvalue weighted by atomic mass is 10.2. The van der Waals surface area contributed by atoms with E-state index in [9.17, 15) is 0 Å². The number of nitrogens with zero attached hydrogens (tertiary/aromatic N) is 1. The molecule has 92 valence electrons. The molecule has 1 heterocycles. The van der Waals surface area contributed by atoms with E-state index in [4.69, 9.17) is 10.5 Å². The highest BCUT2D eigenvalue weighted by molar-refractivity contribution is 5.87. The highest BCUT2D eigenvalue weighted by atomic mass is 16.5. The van der Waals surface area contributed by atoms with Crippen molar-refractivity contribution in [3.05, 3.63) is 30.0 Å². The molecule has 0 saturated heterocycles. The summed E-state index contributed by atoms with van der Waals surface area (Å²) >= 11 is 0. The van der Waals surface area contributed by atoms with E-state index in [1.165, 1.54) is 16.6 Å². The van der Waals surface area contributed by atoms with E-state index >= 15 is 0 Å². The van der Waals surface area contributed by atoms with Crippen LogP contribution in [0.15, 0.2) is 24.3 Å². The van der Waals surface area contributed by atoms with Crippen molar-refractivity contribution in [1.82, 2.24) is 4.57 Å². The van der Waals surface area contributed by atoms with Crippen LogP contribution in [0.5, 0.6) is 5.75 Å². The van der Waals surface area contributed by atoms with Crippen LogP contribution in [0, 0.1) is 0 Å². The zero-order valence-electron chi connectivity index (χ0n) is 10.6. The second-order valence-corrected chi connectivity index (χ2v) is 4.17. The maximum atomic E-state index is 5.58. The SMILES string of the molecule is CCn1c(CCCN)cc2cccc(OC)c21. The second kappa shape index (κ2) is 5.23. The molecule has 17 heavy (non-hydrogen) atoms. The Kier molecular flexibility index (Phi) is 3.69. The van der Waals surface area contributed by atoms with Crippen LogP contribution in [0.4, 0.5) is 0 Å².